The molecule has 8 rings (SSSR count). The van der Waals surface area contributed by atoms with Crippen LogP contribution in [0.2, 0.25) is 0 Å². The normalized spacial score (nSPS) is 12.0. The van der Waals surface area contributed by atoms with Gasteiger partial charge in [0.15, 0.2) is 5.11 Å². The van der Waals surface area contributed by atoms with Crippen molar-refractivity contribution in [3.05, 3.63) is 123 Å². The molecule has 2 aromatic heterocycles. The molecular weight excluding hydrogens is 1340 g/mol. The number of aliphatic imine (C=N–C) groups is 2. The Morgan fingerprint density at radius 1 is 0.635 bits per heavy atom. The van der Waals surface area contributed by atoms with Gasteiger partial charge in [-0.3, -0.25) is 14.4 Å². The summed E-state index contributed by atoms with van der Waals surface area (Å²) in [6, 6.07) is 26.0. The number of likely N-dealkylation sites (tertiary alicyclic amines) is 2. The van der Waals surface area contributed by atoms with Gasteiger partial charge < -0.3 is 55.8 Å². The van der Waals surface area contributed by atoms with E-state index in [9.17, 15) is 28.8 Å². The number of carbonyl (C=O) groups is 6. The number of isothiocyanates is 3. The van der Waals surface area contributed by atoms with Crippen LogP contribution >= 0.6 is 60.5 Å². The van der Waals surface area contributed by atoms with E-state index in [1.165, 1.54) is 56.4 Å². The number of rotatable bonds is 18. The van der Waals surface area contributed by atoms with E-state index >= 15 is 0 Å². The number of aryl methyl sites for hydroxylation is 4. The van der Waals surface area contributed by atoms with Crippen molar-refractivity contribution in [2.45, 2.75) is 158 Å². The average Bonchev–Trinajstić information content (AvgIpc) is 1.58. The number of ether oxygens (including phenoxy) is 3. The fraction of sp³-hybridized carbons (Fsp3) is 0.465. The Bertz CT molecular complexity index is 3690. The molecule has 0 spiro atoms. The second-order valence-corrected chi connectivity index (χ2v) is 25.1. The Hall–Kier alpha value is -6.04. The molecule has 0 radical (unpaired) electrons. The van der Waals surface area contributed by atoms with Crippen LogP contribution in [0.25, 0.3) is 49.7 Å². The second kappa shape index (κ2) is 44.8. The van der Waals surface area contributed by atoms with E-state index in [2.05, 4.69) is 196 Å². The zero-order valence-corrected chi connectivity index (χ0v) is 65.0. The standard InChI is InChI=1S/C29H36N4O2S.C26H33N3O.C6H9NO2S.C5H9ClO2.C4H5NO2S.CNS.K/c1-18-14-19(2)16-21(15-18)26-23(10-11-30-28(36)31-20(3)34)24-17-22(8-9-25(24)32-26)29(4,5)27(35)33-12-6-7-13-33;1-17-13-18(2)15-19(14-17)24-21(9-10-27)22-16-20(7-8-23(22)28-24)26(3,4)25(30)29-11-5-6-12-29;1-2-3-4-9-6(8)7-5-10;1-2-3-4-8-5(6)7;1-2-7-4(6)5-3-8;2-1-3;/h8-9,14-17,32H,6-7,10-13H2,1-5H3,(H2,30,31,34,36);7-8,13-16,28H,5-6,9-12,27H2,1-4H3;2-4H2,1H3;2-4H2,1H3;2H2,1H3;;/q;;;;;-1;+1. The van der Waals surface area contributed by atoms with Crippen molar-refractivity contribution in [3.63, 3.8) is 0 Å². The van der Waals surface area contributed by atoms with Gasteiger partial charge in [-0.05, 0) is 239 Å². The summed E-state index contributed by atoms with van der Waals surface area (Å²) in [5, 5.41) is 20.7. The van der Waals surface area contributed by atoms with Crippen LogP contribution < -0.4 is 67.8 Å². The number of benzene rings is 4. The summed E-state index contributed by atoms with van der Waals surface area (Å²) in [4.78, 5) is 85.7. The van der Waals surface area contributed by atoms with Crippen LogP contribution in [-0.2, 0) is 52.3 Å². The molecule has 19 nitrogen and oxygen atoms in total. The number of fused-ring (bicyclic) bond motifs is 2. The smallest absolute Gasteiger partial charge is 0.753 e. The van der Waals surface area contributed by atoms with Gasteiger partial charge in [0.1, 0.15) is 0 Å². The Morgan fingerprint density at radius 2 is 1.02 bits per heavy atom. The maximum atomic E-state index is 13.4. The van der Waals surface area contributed by atoms with E-state index in [1.54, 1.807) is 6.92 Å². The first kappa shape index (κ1) is 86.0. The van der Waals surface area contributed by atoms with Crippen molar-refractivity contribution in [1.82, 2.24) is 30.4 Å². The molecule has 512 valence electrons. The molecule has 6 N–H and O–H groups in total. The molecule has 5 amide bonds. The van der Waals surface area contributed by atoms with E-state index in [0.717, 1.165) is 128 Å². The molecule has 0 aliphatic carbocycles. The number of nitrogens with zero attached hydrogens (tertiary/aromatic N) is 5. The van der Waals surface area contributed by atoms with Crippen molar-refractivity contribution in [2.24, 2.45) is 15.7 Å². The first-order valence-electron chi connectivity index (χ1n) is 31.8. The minimum Gasteiger partial charge on any atom is -0.753 e. The fourth-order valence-electron chi connectivity index (χ4n) is 10.9. The SMILES string of the molecule is CC(=O)NC(=S)NCCc1c(-c2cc(C)cc(C)c2)[nH]c2ccc(C(C)(C)C(=O)N3CCCC3)cc12.CCCCOC(=O)Cl.CCCCOC(=O)N=C=S.CCOC(=O)N=C=S.Cc1cc(C)cc(-c2[nH]c3ccc(C(C)(C)C(=O)N4CCCC4)cc3c2CCN)c1.[K+].[N-]=C=S. The van der Waals surface area contributed by atoms with Gasteiger partial charge >= 0.3 is 69.0 Å². The zero-order chi connectivity index (χ0) is 70.8. The molecule has 0 unspecified atom stereocenters. The van der Waals surface area contributed by atoms with E-state index in [4.69, 9.17) is 35.0 Å². The molecule has 2 saturated heterocycles. The number of H-pyrrole nitrogens is 2. The van der Waals surface area contributed by atoms with Gasteiger partial charge in [0.25, 0.3) is 0 Å². The molecule has 2 fully saturated rings. The van der Waals surface area contributed by atoms with Gasteiger partial charge in [0.05, 0.1) is 41.0 Å². The number of aromatic nitrogens is 2. The van der Waals surface area contributed by atoms with E-state index < -0.39 is 28.4 Å². The van der Waals surface area contributed by atoms with Crippen molar-refractivity contribution in [1.29, 1.82) is 0 Å². The fourth-order valence-corrected chi connectivity index (χ4v) is 11.4. The summed E-state index contributed by atoms with van der Waals surface area (Å²) < 4.78 is 13.3. The predicted molar refractivity (Wildman–Crippen MR) is 396 cm³/mol. The van der Waals surface area contributed by atoms with Crippen LogP contribution in [0, 0.1) is 27.7 Å². The average molecular weight is 1430 g/mol. The molecule has 25 heteroatoms. The van der Waals surface area contributed by atoms with Gasteiger partial charge in [0, 0.05) is 84.4 Å². The quantitative estimate of drug-likeness (QED) is 0.0134. The molecule has 4 heterocycles. The Kier molecular flexibility index (Phi) is 40.1. The van der Waals surface area contributed by atoms with Crippen LogP contribution in [0.3, 0.4) is 0 Å². The third-order valence-corrected chi connectivity index (χ3v) is 16.0. The number of aromatic amines is 2. The Balaban J connectivity index is 0.000000464. The molecule has 6 aromatic rings. The maximum Gasteiger partial charge on any atom is 1.00 e. The van der Waals surface area contributed by atoms with Crippen LogP contribution in [0.5, 0.6) is 0 Å². The molecule has 2 aliphatic heterocycles. The van der Waals surface area contributed by atoms with Gasteiger partial charge in [-0.25, -0.2) is 14.4 Å². The summed E-state index contributed by atoms with van der Waals surface area (Å²) >= 11 is 22.1. The van der Waals surface area contributed by atoms with Crippen molar-refractivity contribution in [2.75, 3.05) is 59.1 Å². The van der Waals surface area contributed by atoms with Gasteiger partial charge in [0.2, 0.25) is 17.7 Å². The second-order valence-electron chi connectivity index (χ2n) is 23.8. The molecule has 0 bridgehead atoms. The molecule has 4 aromatic carbocycles. The number of nitrogens with one attached hydrogen (secondary N) is 4. The number of carbonyl (C=O) groups excluding carboxylic acids is 6. The van der Waals surface area contributed by atoms with Gasteiger partial charge in [-0.1, -0.05) is 85.4 Å². The molecular formula is C71H92ClKN10O9S4. The first-order chi connectivity index (χ1) is 45.2. The number of thiocarbonyl (C=S) groups is 4. The number of hydrogen-bond acceptors (Lipinski definition) is 14. The molecule has 2 aliphatic rings. The zero-order valence-electron chi connectivity index (χ0n) is 57.9. The Morgan fingerprint density at radius 3 is 1.38 bits per heavy atom. The number of amides is 5. The topological polar surface area (TPSA) is 265 Å². The number of nitrogens with two attached hydrogens (primary N) is 1. The third kappa shape index (κ3) is 28.1. The number of hydrogen-bond donors (Lipinski definition) is 5. The van der Waals surface area contributed by atoms with E-state index in [0.29, 0.717) is 44.4 Å². The number of halogens is 1. The summed E-state index contributed by atoms with van der Waals surface area (Å²) in [5.74, 6) is 0.225. The van der Waals surface area contributed by atoms with E-state index in [1.807, 2.05) is 47.8 Å². The minimum absolute atomic E-state index is 0. The van der Waals surface area contributed by atoms with Crippen LogP contribution in [0.4, 0.5) is 14.4 Å². The Labute approximate surface area is 635 Å². The summed E-state index contributed by atoms with van der Waals surface area (Å²) in [6.07, 6.45) is 8.31. The third-order valence-electron chi connectivity index (χ3n) is 15.5. The largest absolute Gasteiger partial charge is 1.00 e. The summed E-state index contributed by atoms with van der Waals surface area (Å²) in [7, 11) is 0. The summed E-state index contributed by atoms with van der Waals surface area (Å²) in [5.41, 5.74) is 20.2. The minimum atomic E-state index is -0.710. The van der Waals surface area contributed by atoms with Crippen molar-refractivity contribution in [3.8, 4) is 22.5 Å². The molecule has 0 atom stereocenters. The summed E-state index contributed by atoms with van der Waals surface area (Å²) in [6.45, 7) is 29.6. The number of unbranched alkanes of at least 4 members (excludes halogenated alkanes) is 2. The predicted octanol–water partition coefficient (Wildman–Crippen LogP) is 12.9. The van der Waals surface area contributed by atoms with Crippen LogP contribution in [0.1, 0.15) is 151 Å². The molecule has 0 saturated carbocycles. The van der Waals surface area contributed by atoms with Crippen LogP contribution in [-0.4, -0.2) is 135 Å². The van der Waals surface area contributed by atoms with Crippen molar-refractivity contribution < 1.29 is 94.4 Å². The first-order valence-corrected chi connectivity index (χ1v) is 33.8. The van der Waals surface area contributed by atoms with Crippen molar-refractivity contribution >= 4 is 138 Å². The molecule has 96 heavy (non-hydrogen) atoms. The van der Waals surface area contributed by atoms with Gasteiger partial charge in [-0.2, -0.15) is 5.16 Å². The van der Waals surface area contributed by atoms with Crippen LogP contribution in [0.15, 0.2) is 82.8 Å². The monoisotopic (exact) mass is 1430 g/mol. The van der Waals surface area contributed by atoms with Gasteiger partial charge in [-0.15, -0.1) is 9.98 Å². The maximum absolute atomic E-state index is 13.4. The van der Waals surface area contributed by atoms with E-state index in [-0.39, 0.29) is 69.1 Å².